The molecule has 1 heterocycles. The van der Waals surface area contributed by atoms with Crippen LogP contribution in [-0.2, 0) is 0 Å². The van der Waals surface area contributed by atoms with Gasteiger partial charge in [-0.3, -0.25) is 0 Å². The summed E-state index contributed by atoms with van der Waals surface area (Å²) in [5.41, 5.74) is 0.704. The minimum atomic E-state index is -4.19. The monoisotopic (exact) mass is 308 g/mol. The Morgan fingerprint density at radius 1 is 1.41 bits per heavy atom. The van der Waals surface area contributed by atoms with E-state index in [0.717, 1.165) is 17.3 Å². The van der Waals surface area contributed by atoms with Crippen molar-refractivity contribution < 1.29 is 13.2 Å². The fourth-order valence-corrected chi connectivity index (χ4v) is 1.89. The number of aromatic nitrogens is 1. The molecular weight excluding hydrogens is 297 g/mol. The summed E-state index contributed by atoms with van der Waals surface area (Å²) in [5, 5.41) is 0. The van der Waals surface area contributed by atoms with Crippen LogP contribution in [0.2, 0.25) is 0 Å². The molecule has 0 aliphatic heterocycles. The zero-order valence-corrected chi connectivity index (χ0v) is 10.8. The van der Waals surface area contributed by atoms with Gasteiger partial charge in [-0.2, -0.15) is 13.2 Å². The molecule has 0 atom stereocenters. The molecule has 0 radical (unpaired) electrons. The number of nitrogens with zero attached hydrogens (tertiary/aromatic N) is 2. The second-order valence-corrected chi connectivity index (χ2v) is 5.07. The third-order valence-electron chi connectivity index (χ3n) is 2.64. The van der Waals surface area contributed by atoms with Crippen molar-refractivity contribution >= 4 is 21.7 Å². The first-order chi connectivity index (χ1) is 7.87. The zero-order chi connectivity index (χ0) is 12.6. The summed E-state index contributed by atoms with van der Waals surface area (Å²) in [4.78, 5) is 5.54. The van der Waals surface area contributed by atoms with Crippen LogP contribution >= 0.6 is 15.9 Å². The quantitative estimate of drug-likeness (QED) is 0.846. The third kappa shape index (κ3) is 3.34. The Morgan fingerprint density at radius 2 is 2.06 bits per heavy atom. The van der Waals surface area contributed by atoms with Gasteiger partial charge >= 0.3 is 6.18 Å². The van der Waals surface area contributed by atoms with Gasteiger partial charge in [-0.1, -0.05) is 0 Å². The van der Waals surface area contributed by atoms with E-state index in [1.807, 2.05) is 0 Å². The maximum atomic E-state index is 12.5. The second kappa shape index (κ2) is 4.48. The van der Waals surface area contributed by atoms with E-state index in [4.69, 9.17) is 0 Å². The molecule has 0 bridgehead atoms. The number of alkyl halides is 3. The van der Waals surface area contributed by atoms with Crippen molar-refractivity contribution in [2.24, 2.45) is 0 Å². The van der Waals surface area contributed by atoms with Crippen molar-refractivity contribution in [2.45, 2.75) is 32.0 Å². The molecule has 1 fully saturated rings. The van der Waals surface area contributed by atoms with Crippen LogP contribution in [0, 0.1) is 6.92 Å². The van der Waals surface area contributed by atoms with E-state index in [-0.39, 0.29) is 6.04 Å². The molecule has 1 aromatic rings. The normalized spacial score (nSPS) is 16.1. The van der Waals surface area contributed by atoms with Crippen molar-refractivity contribution in [1.82, 2.24) is 4.98 Å². The van der Waals surface area contributed by atoms with Crippen LogP contribution in [-0.4, -0.2) is 23.7 Å². The molecule has 0 aromatic carbocycles. The average molecular weight is 309 g/mol. The SMILES string of the molecule is Cc1nc(N(CC(F)(F)F)C2CC2)ccc1Br. The maximum Gasteiger partial charge on any atom is 0.405 e. The van der Waals surface area contributed by atoms with Gasteiger partial charge in [-0.05, 0) is 47.8 Å². The molecule has 2 rings (SSSR count). The molecule has 1 aliphatic carbocycles. The average Bonchev–Trinajstić information content (AvgIpc) is 3.01. The largest absolute Gasteiger partial charge is 0.405 e. The van der Waals surface area contributed by atoms with E-state index in [9.17, 15) is 13.2 Å². The van der Waals surface area contributed by atoms with Gasteiger partial charge in [0.2, 0.25) is 0 Å². The number of anilines is 1. The molecule has 0 amide bonds. The fraction of sp³-hybridized carbons (Fsp3) is 0.545. The van der Waals surface area contributed by atoms with Crippen molar-refractivity contribution in [1.29, 1.82) is 0 Å². The van der Waals surface area contributed by atoms with Gasteiger partial charge in [0.1, 0.15) is 12.4 Å². The van der Waals surface area contributed by atoms with Crippen LogP contribution in [0.1, 0.15) is 18.5 Å². The van der Waals surface area contributed by atoms with Crippen molar-refractivity contribution in [3.63, 3.8) is 0 Å². The number of rotatable bonds is 3. The number of halogens is 4. The first-order valence-corrected chi connectivity index (χ1v) is 6.12. The van der Waals surface area contributed by atoms with Crippen LogP contribution in [0.5, 0.6) is 0 Å². The summed E-state index contributed by atoms with van der Waals surface area (Å²) < 4.78 is 38.3. The summed E-state index contributed by atoms with van der Waals surface area (Å²) in [6.07, 6.45) is -2.56. The van der Waals surface area contributed by atoms with E-state index in [1.54, 1.807) is 19.1 Å². The van der Waals surface area contributed by atoms with Crippen LogP contribution in [0.25, 0.3) is 0 Å². The van der Waals surface area contributed by atoms with E-state index in [2.05, 4.69) is 20.9 Å². The predicted octanol–water partition coefficient (Wildman–Crippen LogP) is 3.68. The van der Waals surface area contributed by atoms with Gasteiger partial charge < -0.3 is 4.90 Å². The summed E-state index contributed by atoms with van der Waals surface area (Å²) in [6, 6.07) is 3.36. The highest BCUT2D eigenvalue weighted by atomic mass is 79.9. The van der Waals surface area contributed by atoms with Crippen LogP contribution < -0.4 is 4.90 Å². The smallest absolute Gasteiger partial charge is 0.345 e. The lowest BCUT2D eigenvalue weighted by Crippen LogP contribution is -2.36. The minimum Gasteiger partial charge on any atom is -0.345 e. The van der Waals surface area contributed by atoms with Gasteiger partial charge in [0.25, 0.3) is 0 Å². The summed E-state index contributed by atoms with van der Waals surface area (Å²) in [5.74, 6) is 0.408. The van der Waals surface area contributed by atoms with E-state index < -0.39 is 12.7 Å². The Balaban J connectivity index is 2.23. The lowest BCUT2D eigenvalue weighted by atomic mass is 10.3. The molecule has 6 heteroatoms. The molecule has 1 saturated carbocycles. The van der Waals surface area contributed by atoms with Crippen molar-refractivity contribution in [2.75, 3.05) is 11.4 Å². The molecule has 1 aliphatic rings. The van der Waals surface area contributed by atoms with E-state index in [0.29, 0.717) is 11.5 Å². The third-order valence-corrected chi connectivity index (χ3v) is 3.48. The topological polar surface area (TPSA) is 16.1 Å². The number of pyridine rings is 1. The zero-order valence-electron chi connectivity index (χ0n) is 9.26. The first kappa shape index (κ1) is 12.7. The lowest BCUT2D eigenvalue weighted by Gasteiger charge is -2.25. The Morgan fingerprint density at radius 3 is 2.53 bits per heavy atom. The fourth-order valence-electron chi connectivity index (χ4n) is 1.67. The van der Waals surface area contributed by atoms with Gasteiger partial charge in [0.05, 0.1) is 5.69 Å². The Kier molecular flexibility index (Phi) is 3.34. The minimum absolute atomic E-state index is 0.00954. The molecule has 0 spiro atoms. The molecular formula is C11H12BrF3N2. The lowest BCUT2D eigenvalue weighted by molar-refractivity contribution is -0.120. The van der Waals surface area contributed by atoms with Gasteiger partial charge in [-0.25, -0.2) is 4.98 Å². The summed E-state index contributed by atoms with van der Waals surface area (Å²) >= 11 is 3.29. The van der Waals surface area contributed by atoms with Crippen LogP contribution in [0.4, 0.5) is 19.0 Å². The highest BCUT2D eigenvalue weighted by Gasteiger charge is 2.38. The van der Waals surface area contributed by atoms with Gasteiger partial charge in [0, 0.05) is 10.5 Å². The summed E-state index contributed by atoms with van der Waals surface area (Å²) in [7, 11) is 0. The Labute approximate surface area is 106 Å². The van der Waals surface area contributed by atoms with E-state index >= 15 is 0 Å². The Bertz CT molecular complexity index is 416. The Hall–Kier alpha value is -0.780. The molecule has 1 aromatic heterocycles. The highest BCUT2D eigenvalue weighted by molar-refractivity contribution is 9.10. The molecule has 94 valence electrons. The van der Waals surface area contributed by atoms with E-state index in [1.165, 1.54) is 4.90 Å². The first-order valence-electron chi connectivity index (χ1n) is 5.33. The molecule has 17 heavy (non-hydrogen) atoms. The molecule has 0 saturated heterocycles. The molecule has 0 N–H and O–H groups in total. The summed E-state index contributed by atoms with van der Waals surface area (Å²) in [6.45, 7) is 0.845. The molecule has 2 nitrogen and oxygen atoms in total. The second-order valence-electron chi connectivity index (χ2n) is 4.21. The molecule has 0 unspecified atom stereocenters. The predicted molar refractivity (Wildman–Crippen MR) is 63.1 cm³/mol. The van der Waals surface area contributed by atoms with Crippen LogP contribution in [0.3, 0.4) is 0 Å². The highest BCUT2D eigenvalue weighted by Crippen LogP contribution is 2.34. The number of hydrogen-bond donors (Lipinski definition) is 0. The van der Waals surface area contributed by atoms with Crippen molar-refractivity contribution in [3.8, 4) is 0 Å². The van der Waals surface area contributed by atoms with Crippen LogP contribution in [0.15, 0.2) is 16.6 Å². The van der Waals surface area contributed by atoms with Crippen molar-refractivity contribution in [3.05, 3.63) is 22.3 Å². The van der Waals surface area contributed by atoms with Gasteiger partial charge in [-0.15, -0.1) is 0 Å². The van der Waals surface area contributed by atoms with Gasteiger partial charge in [0.15, 0.2) is 0 Å². The maximum absolute atomic E-state index is 12.5. The standard InChI is InChI=1S/C11H12BrF3N2/c1-7-9(12)4-5-10(16-7)17(8-2-3-8)6-11(13,14)15/h4-5,8H,2-3,6H2,1H3. The number of hydrogen-bond acceptors (Lipinski definition) is 2. The number of aryl methyl sites for hydroxylation is 1.